The summed E-state index contributed by atoms with van der Waals surface area (Å²) in [6, 6.07) is 4.74. The minimum Gasteiger partial charge on any atom is -0.332 e. The first-order valence-electron chi connectivity index (χ1n) is 9.93. The SMILES string of the molecule is Cc1cc(C(=O)N2CCc3c(nn(C)c3-c3cc(C(F)(F)F)n(C)n3)C2)cc2scnc12. The number of hydrogen-bond donors (Lipinski definition) is 0. The number of benzene rings is 1. The lowest BCUT2D eigenvalue weighted by molar-refractivity contribution is -0.143. The first-order chi connectivity index (χ1) is 15.1. The summed E-state index contributed by atoms with van der Waals surface area (Å²) in [5, 5.41) is 8.57. The average Bonchev–Trinajstić information content (AvgIpc) is 3.42. The molecule has 1 aliphatic rings. The van der Waals surface area contributed by atoms with E-state index in [0.29, 0.717) is 36.5 Å². The van der Waals surface area contributed by atoms with Crippen LogP contribution in [-0.4, -0.2) is 41.9 Å². The first-order valence-corrected chi connectivity index (χ1v) is 10.8. The number of carbonyl (C=O) groups is 1. The van der Waals surface area contributed by atoms with E-state index in [1.807, 2.05) is 19.1 Å². The Morgan fingerprint density at radius 2 is 1.91 bits per heavy atom. The standard InChI is InChI=1S/C21H19F3N6OS/c1-11-6-12(7-16-18(11)25-10-32-16)20(31)30-5-4-13-15(9-30)27-29(3)19(13)14-8-17(21(22,23)24)28(2)26-14/h6-8,10H,4-5,9H2,1-3H3. The van der Waals surface area contributed by atoms with Crippen molar-refractivity contribution in [2.24, 2.45) is 14.1 Å². The largest absolute Gasteiger partial charge is 0.433 e. The number of hydrogen-bond acceptors (Lipinski definition) is 5. The molecule has 3 aromatic heterocycles. The monoisotopic (exact) mass is 460 g/mol. The number of alkyl halides is 3. The molecular weight excluding hydrogens is 441 g/mol. The van der Waals surface area contributed by atoms with Gasteiger partial charge in [0.1, 0.15) is 11.4 Å². The van der Waals surface area contributed by atoms with E-state index in [1.165, 1.54) is 18.4 Å². The molecule has 11 heteroatoms. The quantitative estimate of drug-likeness (QED) is 0.454. The van der Waals surface area contributed by atoms with Crippen molar-refractivity contribution in [1.82, 2.24) is 29.4 Å². The highest BCUT2D eigenvalue weighted by molar-refractivity contribution is 7.16. The molecule has 0 bridgehead atoms. The van der Waals surface area contributed by atoms with Crippen LogP contribution >= 0.6 is 11.3 Å². The first kappa shape index (κ1) is 20.7. The lowest BCUT2D eigenvalue weighted by atomic mass is 10.0. The predicted molar refractivity (Wildman–Crippen MR) is 113 cm³/mol. The number of halogens is 3. The summed E-state index contributed by atoms with van der Waals surface area (Å²) in [4.78, 5) is 19.2. The fraction of sp³-hybridized carbons (Fsp3) is 0.333. The number of aromatic nitrogens is 5. The molecule has 166 valence electrons. The molecule has 4 aromatic rings. The van der Waals surface area contributed by atoms with Crippen LogP contribution in [0.3, 0.4) is 0 Å². The third-order valence-corrected chi connectivity index (χ3v) is 6.55. The van der Waals surface area contributed by atoms with Gasteiger partial charge < -0.3 is 4.90 Å². The van der Waals surface area contributed by atoms with Crippen molar-refractivity contribution in [2.75, 3.05) is 6.54 Å². The summed E-state index contributed by atoms with van der Waals surface area (Å²) in [5.74, 6) is -0.0987. The van der Waals surface area contributed by atoms with Crippen LogP contribution in [0.2, 0.25) is 0 Å². The number of rotatable bonds is 2. The smallest absolute Gasteiger partial charge is 0.332 e. The average molecular weight is 460 g/mol. The molecule has 5 rings (SSSR count). The number of fused-ring (bicyclic) bond motifs is 2. The van der Waals surface area contributed by atoms with Gasteiger partial charge in [-0.1, -0.05) is 0 Å². The highest BCUT2D eigenvalue weighted by atomic mass is 32.1. The Morgan fingerprint density at radius 1 is 1.12 bits per heavy atom. The Bertz CT molecular complexity index is 1370. The fourth-order valence-corrected chi connectivity index (χ4v) is 5.10. The Hall–Kier alpha value is -3.21. The Labute approximate surface area is 185 Å². The predicted octanol–water partition coefficient (Wildman–Crippen LogP) is 3.96. The van der Waals surface area contributed by atoms with Gasteiger partial charge >= 0.3 is 6.18 Å². The molecule has 32 heavy (non-hydrogen) atoms. The van der Waals surface area contributed by atoms with Gasteiger partial charge in [-0.15, -0.1) is 11.3 Å². The Balaban J connectivity index is 1.46. The molecule has 0 spiro atoms. The van der Waals surface area contributed by atoms with Gasteiger partial charge in [-0.05, 0) is 37.1 Å². The van der Waals surface area contributed by atoms with Crippen LogP contribution in [0.1, 0.15) is 32.9 Å². The van der Waals surface area contributed by atoms with Gasteiger partial charge in [0.25, 0.3) is 5.91 Å². The Morgan fingerprint density at radius 3 is 2.62 bits per heavy atom. The van der Waals surface area contributed by atoms with E-state index in [2.05, 4.69) is 15.2 Å². The second-order valence-corrected chi connectivity index (χ2v) is 8.79. The number of carbonyl (C=O) groups excluding carboxylic acids is 1. The van der Waals surface area contributed by atoms with Gasteiger partial charge in [0, 0.05) is 31.8 Å². The minimum atomic E-state index is -4.49. The third-order valence-electron chi connectivity index (χ3n) is 5.77. The van der Waals surface area contributed by atoms with Crippen molar-refractivity contribution < 1.29 is 18.0 Å². The molecule has 0 atom stereocenters. The van der Waals surface area contributed by atoms with E-state index >= 15 is 0 Å². The second-order valence-electron chi connectivity index (χ2n) is 7.90. The maximum atomic E-state index is 13.2. The summed E-state index contributed by atoms with van der Waals surface area (Å²) < 4.78 is 43.0. The zero-order valence-corrected chi connectivity index (χ0v) is 18.4. The van der Waals surface area contributed by atoms with E-state index < -0.39 is 11.9 Å². The van der Waals surface area contributed by atoms with Crippen molar-refractivity contribution in [3.05, 3.63) is 51.8 Å². The molecule has 1 aliphatic heterocycles. The van der Waals surface area contributed by atoms with Gasteiger partial charge in [0.15, 0.2) is 0 Å². The molecular formula is C21H19F3N6OS. The second kappa shape index (κ2) is 7.16. The molecule has 0 saturated heterocycles. The molecule has 0 saturated carbocycles. The highest BCUT2D eigenvalue weighted by Crippen LogP contribution is 2.35. The zero-order valence-electron chi connectivity index (χ0n) is 17.6. The molecule has 0 N–H and O–H groups in total. The fourth-order valence-electron chi connectivity index (χ4n) is 4.31. The van der Waals surface area contributed by atoms with Crippen molar-refractivity contribution in [3.8, 4) is 11.4 Å². The van der Waals surface area contributed by atoms with Gasteiger partial charge in [-0.25, -0.2) is 4.98 Å². The van der Waals surface area contributed by atoms with Gasteiger partial charge in [0.2, 0.25) is 0 Å². The lowest BCUT2D eigenvalue weighted by Gasteiger charge is -2.26. The number of amides is 1. The van der Waals surface area contributed by atoms with Crippen molar-refractivity contribution >= 4 is 27.5 Å². The van der Waals surface area contributed by atoms with Crippen LogP contribution in [0.4, 0.5) is 13.2 Å². The lowest BCUT2D eigenvalue weighted by Crippen LogP contribution is -2.36. The van der Waals surface area contributed by atoms with Crippen LogP contribution in [0.25, 0.3) is 21.6 Å². The summed E-state index contributed by atoms with van der Waals surface area (Å²) in [7, 11) is 2.96. The molecule has 7 nitrogen and oxygen atoms in total. The summed E-state index contributed by atoms with van der Waals surface area (Å²) in [6.45, 7) is 2.67. The number of thiazole rings is 1. The number of nitrogens with zero attached hydrogens (tertiary/aromatic N) is 6. The summed E-state index contributed by atoms with van der Waals surface area (Å²) in [5.41, 5.74) is 5.67. The van der Waals surface area contributed by atoms with Gasteiger partial charge in [0.05, 0.1) is 33.7 Å². The summed E-state index contributed by atoms with van der Waals surface area (Å²) in [6.07, 6.45) is -4.00. The molecule has 4 heterocycles. The van der Waals surface area contributed by atoms with Crippen LogP contribution in [0.5, 0.6) is 0 Å². The maximum Gasteiger partial charge on any atom is 0.433 e. The third kappa shape index (κ3) is 3.27. The normalized spacial score (nSPS) is 14.2. The molecule has 1 amide bonds. The summed E-state index contributed by atoms with van der Waals surface area (Å²) >= 11 is 1.49. The van der Waals surface area contributed by atoms with Crippen LogP contribution in [-0.2, 0) is 33.2 Å². The topological polar surface area (TPSA) is 68.8 Å². The van der Waals surface area contributed by atoms with E-state index in [4.69, 9.17) is 0 Å². The maximum absolute atomic E-state index is 13.2. The molecule has 0 aliphatic carbocycles. The Kier molecular flexibility index (Phi) is 4.63. The van der Waals surface area contributed by atoms with Gasteiger partial charge in [-0.3, -0.25) is 14.2 Å². The minimum absolute atomic E-state index is 0.0987. The van der Waals surface area contributed by atoms with Crippen molar-refractivity contribution in [1.29, 1.82) is 0 Å². The van der Waals surface area contributed by atoms with Crippen molar-refractivity contribution in [2.45, 2.75) is 26.1 Å². The van der Waals surface area contributed by atoms with Crippen LogP contribution < -0.4 is 0 Å². The highest BCUT2D eigenvalue weighted by Gasteiger charge is 2.36. The van der Waals surface area contributed by atoms with Crippen LogP contribution in [0, 0.1) is 6.92 Å². The van der Waals surface area contributed by atoms with Crippen LogP contribution in [0.15, 0.2) is 23.7 Å². The molecule has 0 radical (unpaired) electrons. The molecule has 1 aromatic carbocycles. The number of aryl methyl sites for hydroxylation is 3. The van der Waals surface area contributed by atoms with E-state index in [1.54, 1.807) is 22.1 Å². The molecule has 0 unspecified atom stereocenters. The van der Waals surface area contributed by atoms with Crippen molar-refractivity contribution in [3.63, 3.8) is 0 Å². The van der Waals surface area contributed by atoms with E-state index in [0.717, 1.165) is 32.1 Å². The van der Waals surface area contributed by atoms with E-state index in [-0.39, 0.29) is 11.6 Å². The van der Waals surface area contributed by atoms with Gasteiger partial charge in [-0.2, -0.15) is 23.4 Å². The van der Waals surface area contributed by atoms with E-state index in [9.17, 15) is 18.0 Å². The molecule has 0 fully saturated rings. The zero-order chi connectivity index (χ0) is 22.8.